The molecule has 1 N–H and O–H groups in total. The summed E-state index contributed by atoms with van der Waals surface area (Å²) in [7, 11) is 0. The molecule has 6 nitrogen and oxygen atoms in total. The van der Waals surface area contributed by atoms with Gasteiger partial charge in [-0.1, -0.05) is 36.4 Å². The molecular formula is C20H17N5O. The van der Waals surface area contributed by atoms with Gasteiger partial charge in [0.1, 0.15) is 6.04 Å². The van der Waals surface area contributed by atoms with Gasteiger partial charge in [0.05, 0.1) is 0 Å². The second-order valence-electron chi connectivity index (χ2n) is 6.55. The van der Waals surface area contributed by atoms with Gasteiger partial charge in [0.25, 0.3) is 0 Å². The lowest BCUT2D eigenvalue weighted by molar-refractivity contribution is -0.116. The number of Topliss-reactive ketones (excluding diaryl/α,β-unsaturated/α-hetero) is 1. The van der Waals surface area contributed by atoms with Crippen LogP contribution < -0.4 is 5.32 Å². The molecule has 0 saturated heterocycles. The molecule has 0 fully saturated rings. The number of allylic oxidation sites excluding steroid dienone is 2. The van der Waals surface area contributed by atoms with Crippen LogP contribution in [0.25, 0.3) is 11.4 Å². The fourth-order valence-corrected chi connectivity index (χ4v) is 3.71. The van der Waals surface area contributed by atoms with Crippen LogP contribution in [0.2, 0.25) is 0 Å². The molecule has 1 unspecified atom stereocenters. The molecule has 2 aliphatic rings. The van der Waals surface area contributed by atoms with E-state index < -0.39 is 0 Å². The molecule has 128 valence electrons. The van der Waals surface area contributed by atoms with Gasteiger partial charge in [0, 0.05) is 35.6 Å². The van der Waals surface area contributed by atoms with Crippen LogP contribution in [0.3, 0.4) is 0 Å². The largest absolute Gasteiger partial charge is 0.328 e. The summed E-state index contributed by atoms with van der Waals surface area (Å²) in [4.78, 5) is 21.7. The van der Waals surface area contributed by atoms with Crippen LogP contribution >= 0.6 is 0 Å². The van der Waals surface area contributed by atoms with Crippen LogP contribution in [0.4, 0.5) is 5.95 Å². The van der Waals surface area contributed by atoms with E-state index in [0.29, 0.717) is 18.2 Å². The minimum Gasteiger partial charge on any atom is -0.328 e. The lowest BCUT2D eigenvalue weighted by atomic mass is 9.86. The van der Waals surface area contributed by atoms with Crippen molar-refractivity contribution in [2.24, 2.45) is 0 Å². The zero-order chi connectivity index (χ0) is 17.5. The molecule has 0 amide bonds. The third-order valence-corrected chi connectivity index (χ3v) is 4.90. The Morgan fingerprint density at radius 2 is 1.96 bits per heavy atom. The smallest absolute Gasteiger partial charge is 0.226 e. The molecule has 5 rings (SSSR count). The zero-order valence-corrected chi connectivity index (χ0v) is 14.1. The fourth-order valence-electron chi connectivity index (χ4n) is 3.71. The number of nitrogens with one attached hydrogen (secondary N) is 1. The van der Waals surface area contributed by atoms with Crippen LogP contribution in [0.15, 0.2) is 66.1 Å². The van der Waals surface area contributed by atoms with Gasteiger partial charge in [-0.15, -0.1) is 5.10 Å². The van der Waals surface area contributed by atoms with E-state index in [1.165, 1.54) is 0 Å². The zero-order valence-electron chi connectivity index (χ0n) is 14.1. The van der Waals surface area contributed by atoms with Crippen molar-refractivity contribution < 1.29 is 4.79 Å². The molecule has 3 heterocycles. The molecule has 26 heavy (non-hydrogen) atoms. The Bertz CT molecular complexity index is 1010. The van der Waals surface area contributed by atoms with Crippen LogP contribution in [0, 0.1) is 0 Å². The molecule has 3 aromatic rings. The summed E-state index contributed by atoms with van der Waals surface area (Å²) in [6.45, 7) is 0. The van der Waals surface area contributed by atoms with E-state index in [1.54, 1.807) is 12.4 Å². The van der Waals surface area contributed by atoms with Crippen LogP contribution in [-0.2, 0) is 4.79 Å². The SMILES string of the molecule is O=C1CCCC2=C1C(c1cccnc1)n1nc(-c3ccccc3)nc1N2. The van der Waals surface area contributed by atoms with Crippen molar-refractivity contribution >= 4 is 11.7 Å². The molecule has 1 aromatic carbocycles. The Morgan fingerprint density at radius 3 is 2.77 bits per heavy atom. The van der Waals surface area contributed by atoms with E-state index in [2.05, 4.69) is 15.3 Å². The summed E-state index contributed by atoms with van der Waals surface area (Å²) in [6, 6.07) is 13.5. The summed E-state index contributed by atoms with van der Waals surface area (Å²) in [5, 5.41) is 8.08. The summed E-state index contributed by atoms with van der Waals surface area (Å²) < 4.78 is 1.82. The van der Waals surface area contributed by atoms with E-state index >= 15 is 0 Å². The lowest BCUT2D eigenvalue weighted by Gasteiger charge is -2.31. The number of hydrogen-bond donors (Lipinski definition) is 1. The first-order chi connectivity index (χ1) is 12.8. The molecular weight excluding hydrogens is 326 g/mol. The average Bonchev–Trinajstić information content (AvgIpc) is 3.12. The number of hydrogen-bond acceptors (Lipinski definition) is 5. The van der Waals surface area contributed by atoms with Crippen molar-refractivity contribution in [1.29, 1.82) is 0 Å². The van der Waals surface area contributed by atoms with Crippen LogP contribution in [-0.4, -0.2) is 25.5 Å². The van der Waals surface area contributed by atoms with E-state index in [4.69, 9.17) is 5.10 Å². The van der Waals surface area contributed by atoms with Gasteiger partial charge in [-0.2, -0.15) is 4.98 Å². The van der Waals surface area contributed by atoms with Crippen LogP contribution in [0.1, 0.15) is 30.9 Å². The maximum absolute atomic E-state index is 12.7. The number of pyridine rings is 1. The van der Waals surface area contributed by atoms with E-state index in [0.717, 1.165) is 35.2 Å². The first-order valence-corrected chi connectivity index (χ1v) is 8.76. The van der Waals surface area contributed by atoms with Crippen LogP contribution in [0.5, 0.6) is 0 Å². The number of aromatic nitrogens is 4. The molecule has 6 heteroatoms. The van der Waals surface area contributed by atoms with Crippen molar-refractivity contribution in [3.63, 3.8) is 0 Å². The highest BCUT2D eigenvalue weighted by atomic mass is 16.1. The number of nitrogens with zero attached hydrogens (tertiary/aromatic N) is 4. The third kappa shape index (κ3) is 2.34. The summed E-state index contributed by atoms with van der Waals surface area (Å²) in [5.41, 5.74) is 3.66. The summed E-state index contributed by atoms with van der Waals surface area (Å²) in [6.07, 6.45) is 5.83. The predicted octanol–water partition coefficient (Wildman–Crippen LogP) is 3.36. The van der Waals surface area contributed by atoms with Gasteiger partial charge in [0.2, 0.25) is 5.95 Å². The van der Waals surface area contributed by atoms with Crippen molar-refractivity contribution in [3.05, 3.63) is 71.7 Å². The number of ketones is 1. The highest BCUT2D eigenvalue weighted by Crippen LogP contribution is 2.40. The van der Waals surface area contributed by atoms with E-state index in [-0.39, 0.29) is 11.8 Å². The number of carbonyl (C=O) groups excluding carboxylic acids is 1. The highest BCUT2D eigenvalue weighted by molar-refractivity contribution is 5.99. The first-order valence-electron chi connectivity index (χ1n) is 8.76. The van der Waals surface area contributed by atoms with Crippen molar-refractivity contribution in [2.45, 2.75) is 25.3 Å². The molecule has 0 spiro atoms. The van der Waals surface area contributed by atoms with E-state index in [9.17, 15) is 4.79 Å². The number of fused-ring (bicyclic) bond motifs is 1. The quantitative estimate of drug-likeness (QED) is 0.772. The van der Waals surface area contributed by atoms with E-state index in [1.807, 2.05) is 47.1 Å². The molecule has 0 saturated carbocycles. The normalized spacial score (nSPS) is 18.9. The number of carbonyl (C=O) groups is 1. The molecule has 2 aromatic heterocycles. The maximum Gasteiger partial charge on any atom is 0.226 e. The monoisotopic (exact) mass is 343 g/mol. The first kappa shape index (κ1) is 15.0. The number of anilines is 1. The highest BCUT2D eigenvalue weighted by Gasteiger charge is 2.36. The second-order valence-corrected chi connectivity index (χ2v) is 6.55. The number of rotatable bonds is 2. The molecule has 0 bridgehead atoms. The topological polar surface area (TPSA) is 72.7 Å². The van der Waals surface area contributed by atoms with Gasteiger partial charge in [0.15, 0.2) is 11.6 Å². The standard InChI is InChI=1S/C20H17N5O/c26-16-10-4-9-15-17(16)18(14-8-5-11-21-12-14)25-20(22-15)23-19(24-25)13-6-2-1-3-7-13/h1-3,5-8,11-12,18H,4,9-10H2,(H,22,23,24). The Kier molecular flexibility index (Phi) is 3.41. The van der Waals surface area contributed by atoms with Crippen molar-refractivity contribution in [2.75, 3.05) is 5.32 Å². The van der Waals surface area contributed by atoms with Crippen molar-refractivity contribution in [1.82, 2.24) is 19.7 Å². The lowest BCUT2D eigenvalue weighted by Crippen LogP contribution is -2.31. The summed E-state index contributed by atoms with van der Waals surface area (Å²) in [5.74, 6) is 1.50. The van der Waals surface area contributed by atoms with Gasteiger partial charge < -0.3 is 5.32 Å². The van der Waals surface area contributed by atoms with Crippen molar-refractivity contribution in [3.8, 4) is 11.4 Å². The number of benzene rings is 1. The fraction of sp³-hybridized carbons (Fsp3) is 0.200. The van der Waals surface area contributed by atoms with Gasteiger partial charge in [-0.3, -0.25) is 9.78 Å². The Morgan fingerprint density at radius 1 is 1.08 bits per heavy atom. The molecule has 1 aliphatic heterocycles. The Balaban J connectivity index is 1.69. The minimum atomic E-state index is -0.285. The van der Waals surface area contributed by atoms with Gasteiger partial charge in [-0.05, 0) is 24.5 Å². The maximum atomic E-state index is 12.7. The minimum absolute atomic E-state index is 0.176. The average molecular weight is 343 g/mol. The second kappa shape index (κ2) is 5.91. The summed E-state index contributed by atoms with van der Waals surface area (Å²) >= 11 is 0. The van der Waals surface area contributed by atoms with Gasteiger partial charge in [-0.25, -0.2) is 4.68 Å². The Hall–Kier alpha value is -3.28. The third-order valence-electron chi connectivity index (χ3n) is 4.90. The van der Waals surface area contributed by atoms with Gasteiger partial charge >= 0.3 is 0 Å². The molecule has 1 atom stereocenters. The molecule has 1 aliphatic carbocycles. The Labute approximate surface area is 150 Å². The molecule has 0 radical (unpaired) electrons. The predicted molar refractivity (Wildman–Crippen MR) is 97.3 cm³/mol.